The van der Waals surface area contributed by atoms with Gasteiger partial charge in [0.05, 0.1) is 24.2 Å². The SMILES string of the molecule is OCc1cn([C@@H]2CCCN(c3ncnc4[nH]ccc34)C2)nn1. The topological polar surface area (TPSA) is 95.8 Å². The zero-order valence-electron chi connectivity index (χ0n) is 12.1. The molecule has 114 valence electrons. The number of piperidine rings is 1. The Morgan fingerprint density at radius 3 is 3.18 bits per heavy atom. The minimum Gasteiger partial charge on any atom is -0.390 e. The number of nitrogens with one attached hydrogen (secondary N) is 1. The van der Waals surface area contributed by atoms with Crippen LogP contribution in [0, 0.1) is 0 Å². The van der Waals surface area contributed by atoms with E-state index in [1.54, 1.807) is 6.33 Å². The molecule has 0 aliphatic carbocycles. The van der Waals surface area contributed by atoms with Gasteiger partial charge in [-0.2, -0.15) is 0 Å². The summed E-state index contributed by atoms with van der Waals surface area (Å²) in [6.07, 6.45) is 7.41. The number of aliphatic hydroxyl groups is 1. The van der Waals surface area contributed by atoms with E-state index in [9.17, 15) is 0 Å². The second-order valence-corrected chi connectivity index (χ2v) is 5.53. The van der Waals surface area contributed by atoms with Gasteiger partial charge in [-0.3, -0.25) is 0 Å². The molecule has 22 heavy (non-hydrogen) atoms. The van der Waals surface area contributed by atoms with Gasteiger partial charge in [-0.15, -0.1) is 5.10 Å². The highest BCUT2D eigenvalue weighted by atomic mass is 16.3. The molecule has 0 unspecified atom stereocenters. The maximum atomic E-state index is 9.13. The number of anilines is 1. The molecule has 3 aromatic rings. The van der Waals surface area contributed by atoms with Crippen molar-refractivity contribution >= 4 is 16.9 Å². The van der Waals surface area contributed by atoms with E-state index >= 15 is 0 Å². The van der Waals surface area contributed by atoms with Crippen molar-refractivity contribution in [1.82, 2.24) is 29.9 Å². The Morgan fingerprint density at radius 1 is 1.36 bits per heavy atom. The maximum Gasteiger partial charge on any atom is 0.142 e. The number of aromatic nitrogens is 6. The number of fused-ring (bicyclic) bond motifs is 1. The van der Waals surface area contributed by atoms with Crippen molar-refractivity contribution < 1.29 is 5.11 Å². The second-order valence-electron chi connectivity index (χ2n) is 5.53. The predicted molar refractivity (Wildman–Crippen MR) is 80.3 cm³/mol. The van der Waals surface area contributed by atoms with Crippen LogP contribution in [-0.2, 0) is 6.61 Å². The zero-order chi connectivity index (χ0) is 14.9. The summed E-state index contributed by atoms with van der Waals surface area (Å²) in [6.45, 7) is 1.72. The number of aliphatic hydroxyl groups excluding tert-OH is 1. The molecular formula is C14H17N7O. The Hall–Kier alpha value is -2.48. The van der Waals surface area contributed by atoms with Gasteiger partial charge < -0.3 is 15.0 Å². The summed E-state index contributed by atoms with van der Waals surface area (Å²) in [4.78, 5) is 14.1. The third-order valence-electron chi connectivity index (χ3n) is 4.12. The first-order valence-electron chi connectivity index (χ1n) is 7.40. The first kappa shape index (κ1) is 13.2. The number of aromatic amines is 1. The smallest absolute Gasteiger partial charge is 0.142 e. The van der Waals surface area contributed by atoms with E-state index in [2.05, 4.69) is 30.2 Å². The lowest BCUT2D eigenvalue weighted by atomic mass is 10.1. The lowest BCUT2D eigenvalue weighted by molar-refractivity contribution is 0.276. The molecule has 1 aliphatic heterocycles. The van der Waals surface area contributed by atoms with Gasteiger partial charge in [0, 0.05) is 19.3 Å². The van der Waals surface area contributed by atoms with Crippen molar-refractivity contribution in [3.05, 3.63) is 30.5 Å². The molecule has 1 aliphatic rings. The number of nitrogens with zero attached hydrogens (tertiary/aromatic N) is 6. The molecule has 1 saturated heterocycles. The van der Waals surface area contributed by atoms with Crippen LogP contribution in [0.1, 0.15) is 24.6 Å². The third-order valence-corrected chi connectivity index (χ3v) is 4.12. The molecule has 2 N–H and O–H groups in total. The maximum absolute atomic E-state index is 9.13. The minimum absolute atomic E-state index is 0.0771. The second kappa shape index (κ2) is 5.38. The molecule has 0 radical (unpaired) electrons. The average molecular weight is 299 g/mol. The molecule has 8 heteroatoms. The van der Waals surface area contributed by atoms with Crippen LogP contribution in [0.25, 0.3) is 11.0 Å². The van der Waals surface area contributed by atoms with Gasteiger partial charge >= 0.3 is 0 Å². The van der Waals surface area contributed by atoms with Crippen molar-refractivity contribution in [3.63, 3.8) is 0 Å². The van der Waals surface area contributed by atoms with Gasteiger partial charge in [0.15, 0.2) is 0 Å². The van der Waals surface area contributed by atoms with Gasteiger partial charge in [0.25, 0.3) is 0 Å². The summed E-state index contributed by atoms with van der Waals surface area (Å²) < 4.78 is 1.85. The van der Waals surface area contributed by atoms with E-state index in [1.807, 2.05) is 23.1 Å². The molecular weight excluding hydrogens is 282 g/mol. The minimum atomic E-state index is -0.0771. The summed E-state index contributed by atoms with van der Waals surface area (Å²) >= 11 is 0. The largest absolute Gasteiger partial charge is 0.390 e. The predicted octanol–water partition coefficient (Wildman–Crippen LogP) is 0.883. The fourth-order valence-electron chi connectivity index (χ4n) is 3.04. The standard InChI is InChI=1S/C14H17N7O/c22-8-10-6-21(19-18-10)11-2-1-5-20(7-11)14-12-3-4-15-13(12)16-9-17-14/h3-4,6,9,11,22H,1-2,5,7-8H2,(H,15,16,17)/t11-/m1/s1. The number of rotatable bonds is 3. The summed E-state index contributed by atoms with van der Waals surface area (Å²) in [6, 6.07) is 2.25. The molecule has 0 aromatic carbocycles. The van der Waals surface area contributed by atoms with Crippen LogP contribution < -0.4 is 4.90 Å². The molecule has 8 nitrogen and oxygen atoms in total. The number of hydrogen-bond donors (Lipinski definition) is 2. The van der Waals surface area contributed by atoms with E-state index in [0.717, 1.165) is 42.8 Å². The van der Waals surface area contributed by atoms with Crippen molar-refractivity contribution in [2.75, 3.05) is 18.0 Å². The van der Waals surface area contributed by atoms with Crippen LogP contribution in [-0.4, -0.2) is 48.1 Å². The molecule has 0 spiro atoms. The molecule has 1 fully saturated rings. The van der Waals surface area contributed by atoms with Crippen LogP contribution in [0.4, 0.5) is 5.82 Å². The van der Waals surface area contributed by atoms with E-state index in [-0.39, 0.29) is 12.6 Å². The van der Waals surface area contributed by atoms with Crippen molar-refractivity contribution in [2.45, 2.75) is 25.5 Å². The lowest BCUT2D eigenvalue weighted by Gasteiger charge is -2.33. The van der Waals surface area contributed by atoms with Gasteiger partial charge in [0.2, 0.25) is 0 Å². The highest BCUT2D eigenvalue weighted by molar-refractivity contribution is 5.87. The summed E-state index contributed by atoms with van der Waals surface area (Å²) in [5.74, 6) is 0.957. The summed E-state index contributed by atoms with van der Waals surface area (Å²) in [5.41, 5.74) is 1.46. The fraction of sp³-hybridized carbons (Fsp3) is 0.429. The van der Waals surface area contributed by atoms with E-state index in [1.165, 1.54) is 0 Å². The molecule has 4 rings (SSSR count). The van der Waals surface area contributed by atoms with Gasteiger partial charge in [-0.05, 0) is 18.9 Å². The van der Waals surface area contributed by atoms with Crippen LogP contribution in [0.15, 0.2) is 24.8 Å². The van der Waals surface area contributed by atoms with Crippen LogP contribution in [0.5, 0.6) is 0 Å². The molecule has 0 saturated carbocycles. The third kappa shape index (κ3) is 2.21. The summed E-state index contributed by atoms with van der Waals surface area (Å²) in [7, 11) is 0. The number of H-pyrrole nitrogens is 1. The van der Waals surface area contributed by atoms with Crippen LogP contribution >= 0.6 is 0 Å². The van der Waals surface area contributed by atoms with E-state index < -0.39 is 0 Å². The number of hydrogen-bond acceptors (Lipinski definition) is 6. The Balaban J connectivity index is 1.62. The monoisotopic (exact) mass is 299 g/mol. The Morgan fingerprint density at radius 2 is 2.32 bits per heavy atom. The first-order valence-corrected chi connectivity index (χ1v) is 7.40. The Kier molecular flexibility index (Phi) is 3.23. The fourth-order valence-corrected chi connectivity index (χ4v) is 3.04. The molecule has 0 amide bonds. The highest BCUT2D eigenvalue weighted by Gasteiger charge is 2.24. The Bertz CT molecular complexity index is 780. The average Bonchev–Trinajstić information content (AvgIpc) is 3.23. The van der Waals surface area contributed by atoms with Crippen molar-refractivity contribution in [1.29, 1.82) is 0 Å². The Labute approximate surface area is 126 Å². The van der Waals surface area contributed by atoms with Gasteiger partial charge in [-0.25, -0.2) is 14.6 Å². The van der Waals surface area contributed by atoms with E-state index in [4.69, 9.17) is 5.11 Å². The van der Waals surface area contributed by atoms with Crippen molar-refractivity contribution in [3.8, 4) is 0 Å². The normalized spacial score (nSPS) is 19.0. The first-order chi connectivity index (χ1) is 10.8. The van der Waals surface area contributed by atoms with Crippen LogP contribution in [0.3, 0.4) is 0 Å². The van der Waals surface area contributed by atoms with Gasteiger partial charge in [-0.1, -0.05) is 5.21 Å². The molecule has 3 aromatic heterocycles. The lowest BCUT2D eigenvalue weighted by Crippen LogP contribution is -2.37. The van der Waals surface area contributed by atoms with Gasteiger partial charge in [0.1, 0.15) is 23.5 Å². The van der Waals surface area contributed by atoms with E-state index in [0.29, 0.717) is 5.69 Å². The van der Waals surface area contributed by atoms with Crippen molar-refractivity contribution in [2.24, 2.45) is 0 Å². The molecule has 1 atom stereocenters. The highest BCUT2D eigenvalue weighted by Crippen LogP contribution is 2.28. The molecule has 0 bridgehead atoms. The summed E-state index contributed by atoms with van der Waals surface area (Å²) in [5, 5.41) is 18.3. The molecule has 4 heterocycles. The zero-order valence-corrected chi connectivity index (χ0v) is 12.1. The quantitative estimate of drug-likeness (QED) is 0.745. The van der Waals surface area contributed by atoms with Crippen LogP contribution in [0.2, 0.25) is 0 Å².